The predicted octanol–water partition coefficient (Wildman–Crippen LogP) is 3.73. The van der Waals surface area contributed by atoms with Crippen LogP contribution in [0.4, 0.5) is 0 Å². The van der Waals surface area contributed by atoms with Gasteiger partial charge in [0.2, 0.25) is 0 Å². The molecule has 0 aromatic carbocycles. The smallest absolute Gasteiger partial charge is 0.237 e. The lowest BCUT2D eigenvalue weighted by atomic mass is 9.95. The summed E-state index contributed by atoms with van der Waals surface area (Å²) in [5.74, 6) is 0. The van der Waals surface area contributed by atoms with Gasteiger partial charge in [-0.15, -0.1) is 6.58 Å². The van der Waals surface area contributed by atoms with Crippen molar-refractivity contribution in [1.29, 1.82) is 5.26 Å². The summed E-state index contributed by atoms with van der Waals surface area (Å²) in [4.78, 5) is 4.16. The molecule has 24 heavy (non-hydrogen) atoms. The quantitative estimate of drug-likeness (QED) is 0.743. The Kier molecular flexibility index (Phi) is 6.02. The summed E-state index contributed by atoms with van der Waals surface area (Å²) in [5, 5.41) is 9.58. The van der Waals surface area contributed by atoms with E-state index in [1.807, 2.05) is 6.07 Å². The standard InChI is InChI=1S/C17H22ClN3O2S/c1-4-10-21(14-8-6-5-7-9-14)24(22,23)17-15(11-19)12(2)16(18)13(3)20-17/h4,14H,1,5-10H2,2-3H3. The highest BCUT2D eigenvalue weighted by Crippen LogP contribution is 2.31. The Bertz CT molecular complexity index is 778. The molecule has 1 aromatic rings. The highest BCUT2D eigenvalue weighted by atomic mass is 35.5. The van der Waals surface area contributed by atoms with Crippen LogP contribution in [0.25, 0.3) is 0 Å². The number of aryl methyl sites for hydroxylation is 1. The molecule has 1 aromatic heterocycles. The van der Waals surface area contributed by atoms with E-state index in [0.29, 0.717) is 16.3 Å². The monoisotopic (exact) mass is 367 g/mol. The molecule has 0 atom stereocenters. The summed E-state index contributed by atoms with van der Waals surface area (Å²) < 4.78 is 27.9. The van der Waals surface area contributed by atoms with Gasteiger partial charge in [0.25, 0.3) is 10.0 Å². The summed E-state index contributed by atoms with van der Waals surface area (Å²) in [6.45, 7) is 7.18. The van der Waals surface area contributed by atoms with E-state index in [0.717, 1.165) is 32.1 Å². The van der Waals surface area contributed by atoms with Crippen LogP contribution in [0.3, 0.4) is 0 Å². The molecule has 0 saturated heterocycles. The number of pyridine rings is 1. The molecule has 130 valence electrons. The van der Waals surface area contributed by atoms with Gasteiger partial charge in [0.1, 0.15) is 6.07 Å². The Labute approximate surface area is 149 Å². The normalized spacial score (nSPS) is 16.1. The molecule has 0 N–H and O–H groups in total. The van der Waals surface area contributed by atoms with Gasteiger partial charge >= 0.3 is 0 Å². The lowest BCUT2D eigenvalue weighted by Crippen LogP contribution is -2.42. The zero-order valence-electron chi connectivity index (χ0n) is 14.0. The number of aromatic nitrogens is 1. The predicted molar refractivity (Wildman–Crippen MR) is 94.4 cm³/mol. The molecule has 1 heterocycles. The number of halogens is 1. The van der Waals surface area contributed by atoms with Crippen molar-refractivity contribution in [2.75, 3.05) is 6.54 Å². The summed E-state index contributed by atoms with van der Waals surface area (Å²) in [5.41, 5.74) is 0.886. The lowest BCUT2D eigenvalue weighted by molar-refractivity contribution is 0.268. The Morgan fingerprint density at radius 1 is 1.38 bits per heavy atom. The number of rotatable bonds is 5. The maximum absolute atomic E-state index is 13.2. The topological polar surface area (TPSA) is 74.1 Å². The molecule has 0 radical (unpaired) electrons. The molecule has 7 heteroatoms. The molecule has 0 unspecified atom stereocenters. The Balaban J connectivity index is 2.59. The van der Waals surface area contributed by atoms with E-state index >= 15 is 0 Å². The second kappa shape index (κ2) is 7.64. The van der Waals surface area contributed by atoms with Crippen LogP contribution in [0.2, 0.25) is 5.02 Å². The number of nitriles is 1. The van der Waals surface area contributed by atoms with Crippen molar-refractivity contribution in [1.82, 2.24) is 9.29 Å². The van der Waals surface area contributed by atoms with Crippen molar-refractivity contribution >= 4 is 21.6 Å². The number of nitrogens with zero attached hydrogens (tertiary/aromatic N) is 3. The molecule has 0 bridgehead atoms. The molecular formula is C17H22ClN3O2S. The fourth-order valence-electron chi connectivity index (χ4n) is 3.17. The molecule has 1 fully saturated rings. The minimum absolute atomic E-state index is 0.0236. The molecular weight excluding hydrogens is 346 g/mol. The van der Waals surface area contributed by atoms with Crippen molar-refractivity contribution in [2.45, 2.75) is 57.0 Å². The average Bonchev–Trinajstić information content (AvgIpc) is 2.57. The Morgan fingerprint density at radius 3 is 2.54 bits per heavy atom. The molecule has 1 aliphatic carbocycles. The molecule has 0 spiro atoms. The third-order valence-corrected chi connectivity index (χ3v) is 6.87. The van der Waals surface area contributed by atoms with Gasteiger partial charge in [0, 0.05) is 12.6 Å². The van der Waals surface area contributed by atoms with Gasteiger partial charge in [-0.05, 0) is 32.3 Å². The first-order valence-corrected chi connectivity index (χ1v) is 9.86. The molecule has 1 aliphatic rings. The zero-order valence-corrected chi connectivity index (χ0v) is 15.6. The fraction of sp³-hybridized carbons (Fsp3) is 0.529. The van der Waals surface area contributed by atoms with Crippen LogP contribution in [0.1, 0.15) is 48.9 Å². The summed E-state index contributed by atoms with van der Waals surface area (Å²) in [6, 6.07) is 1.88. The van der Waals surface area contributed by atoms with Crippen molar-refractivity contribution in [3.05, 3.63) is 34.5 Å². The van der Waals surface area contributed by atoms with Gasteiger partial charge in [-0.1, -0.05) is 36.9 Å². The molecule has 5 nitrogen and oxygen atoms in total. The van der Waals surface area contributed by atoms with Gasteiger partial charge in [0.15, 0.2) is 5.03 Å². The van der Waals surface area contributed by atoms with Crippen molar-refractivity contribution < 1.29 is 8.42 Å². The van der Waals surface area contributed by atoms with Gasteiger partial charge in [-0.2, -0.15) is 9.57 Å². The van der Waals surface area contributed by atoms with E-state index < -0.39 is 10.0 Å². The van der Waals surface area contributed by atoms with Gasteiger partial charge in [-0.25, -0.2) is 13.4 Å². The molecule has 1 saturated carbocycles. The highest BCUT2D eigenvalue weighted by molar-refractivity contribution is 7.89. The molecule has 0 amide bonds. The van der Waals surface area contributed by atoms with Gasteiger partial charge < -0.3 is 0 Å². The fourth-order valence-corrected chi connectivity index (χ4v) is 5.14. The van der Waals surface area contributed by atoms with Crippen LogP contribution >= 0.6 is 11.6 Å². The summed E-state index contributed by atoms with van der Waals surface area (Å²) in [6.07, 6.45) is 6.35. The Morgan fingerprint density at radius 2 is 2.00 bits per heavy atom. The highest BCUT2D eigenvalue weighted by Gasteiger charge is 2.35. The second-order valence-electron chi connectivity index (χ2n) is 6.08. The minimum atomic E-state index is -3.90. The van der Waals surface area contributed by atoms with E-state index in [1.54, 1.807) is 19.9 Å². The molecule has 2 rings (SSSR count). The van der Waals surface area contributed by atoms with Gasteiger partial charge in [0.05, 0.1) is 16.3 Å². The largest absolute Gasteiger partial charge is 0.262 e. The van der Waals surface area contributed by atoms with Crippen LogP contribution < -0.4 is 0 Å². The Hall–Kier alpha value is -1.42. The van der Waals surface area contributed by atoms with Crippen molar-refractivity contribution in [2.24, 2.45) is 0 Å². The first-order chi connectivity index (χ1) is 11.3. The SMILES string of the molecule is C=CCN(C1CCCCC1)S(=O)(=O)c1nc(C)c(Cl)c(C)c1C#N. The van der Waals surface area contributed by atoms with E-state index in [2.05, 4.69) is 11.6 Å². The first kappa shape index (κ1) is 18.9. The average molecular weight is 368 g/mol. The maximum atomic E-state index is 13.2. The zero-order chi connectivity index (χ0) is 17.9. The third kappa shape index (κ3) is 3.49. The van der Waals surface area contributed by atoms with Gasteiger partial charge in [-0.3, -0.25) is 0 Å². The van der Waals surface area contributed by atoms with Crippen LogP contribution in [0.15, 0.2) is 17.7 Å². The van der Waals surface area contributed by atoms with Crippen LogP contribution in [0.5, 0.6) is 0 Å². The van der Waals surface area contributed by atoms with E-state index in [1.165, 1.54) is 4.31 Å². The van der Waals surface area contributed by atoms with Crippen LogP contribution in [-0.2, 0) is 10.0 Å². The van der Waals surface area contributed by atoms with E-state index in [-0.39, 0.29) is 23.2 Å². The number of hydrogen-bond acceptors (Lipinski definition) is 4. The van der Waals surface area contributed by atoms with Crippen LogP contribution in [-0.4, -0.2) is 30.3 Å². The second-order valence-corrected chi connectivity index (χ2v) is 8.27. The van der Waals surface area contributed by atoms with E-state index in [9.17, 15) is 13.7 Å². The maximum Gasteiger partial charge on any atom is 0.262 e. The van der Waals surface area contributed by atoms with E-state index in [4.69, 9.17) is 11.6 Å². The van der Waals surface area contributed by atoms with Crippen molar-refractivity contribution in [3.8, 4) is 6.07 Å². The lowest BCUT2D eigenvalue weighted by Gasteiger charge is -2.32. The first-order valence-electron chi connectivity index (χ1n) is 8.04. The number of sulfonamides is 1. The van der Waals surface area contributed by atoms with Crippen molar-refractivity contribution in [3.63, 3.8) is 0 Å². The summed E-state index contributed by atoms with van der Waals surface area (Å²) in [7, 11) is -3.90. The minimum Gasteiger partial charge on any atom is -0.237 e. The molecule has 0 aliphatic heterocycles. The summed E-state index contributed by atoms with van der Waals surface area (Å²) >= 11 is 6.13. The third-order valence-electron chi connectivity index (χ3n) is 4.46. The van der Waals surface area contributed by atoms with Crippen LogP contribution in [0, 0.1) is 25.2 Å². The number of hydrogen-bond donors (Lipinski definition) is 0.